The highest BCUT2D eigenvalue weighted by Crippen LogP contribution is 2.16. The Labute approximate surface area is 91.9 Å². The highest BCUT2D eigenvalue weighted by molar-refractivity contribution is 6.31. The van der Waals surface area contributed by atoms with Gasteiger partial charge < -0.3 is 10.1 Å². The fraction of sp³-hybridized carbons (Fsp3) is 0.400. The lowest BCUT2D eigenvalue weighted by molar-refractivity contribution is 0.0695. The molecular weight excluding hydrogens is 218 g/mol. The SMILES string of the molecule is CC(C)Cc1[nH]c(=O)c(C(=O)O)cc1Cl. The second-order valence-corrected chi connectivity index (χ2v) is 4.15. The number of aromatic nitrogens is 1. The molecule has 5 heteroatoms. The first-order valence-electron chi connectivity index (χ1n) is 4.56. The molecule has 82 valence electrons. The Kier molecular flexibility index (Phi) is 3.52. The summed E-state index contributed by atoms with van der Waals surface area (Å²) in [6, 6.07) is 1.19. The molecule has 0 bridgehead atoms. The van der Waals surface area contributed by atoms with E-state index in [4.69, 9.17) is 16.7 Å². The number of rotatable bonds is 3. The fourth-order valence-electron chi connectivity index (χ4n) is 1.26. The third-order valence-corrected chi connectivity index (χ3v) is 2.25. The normalized spacial score (nSPS) is 10.7. The molecule has 0 amide bonds. The molecule has 0 aromatic carbocycles. The zero-order valence-corrected chi connectivity index (χ0v) is 9.26. The van der Waals surface area contributed by atoms with Gasteiger partial charge in [-0.05, 0) is 18.4 Å². The van der Waals surface area contributed by atoms with Crippen LogP contribution >= 0.6 is 11.6 Å². The molecule has 0 saturated heterocycles. The number of aromatic carboxylic acids is 1. The van der Waals surface area contributed by atoms with Crippen LogP contribution < -0.4 is 5.56 Å². The van der Waals surface area contributed by atoms with Crippen LogP contribution in [-0.4, -0.2) is 16.1 Å². The van der Waals surface area contributed by atoms with Crippen LogP contribution in [0, 0.1) is 5.92 Å². The summed E-state index contributed by atoms with van der Waals surface area (Å²) in [4.78, 5) is 24.4. The minimum Gasteiger partial charge on any atom is -0.477 e. The van der Waals surface area contributed by atoms with Gasteiger partial charge in [-0.25, -0.2) is 4.79 Å². The van der Waals surface area contributed by atoms with Crippen LogP contribution in [0.2, 0.25) is 5.02 Å². The van der Waals surface area contributed by atoms with Crippen LogP contribution in [0.3, 0.4) is 0 Å². The number of nitrogens with one attached hydrogen (secondary N) is 1. The first-order chi connectivity index (χ1) is 6.91. The molecule has 0 fully saturated rings. The van der Waals surface area contributed by atoms with Crippen molar-refractivity contribution in [2.75, 3.05) is 0 Å². The van der Waals surface area contributed by atoms with E-state index in [9.17, 15) is 9.59 Å². The number of hydrogen-bond acceptors (Lipinski definition) is 2. The Morgan fingerprint density at radius 3 is 2.67 bits per heavy atom. The lowest BCUT2D eigenvalue weighted by Crippen LogP contribution is -2.19. The van der Waals surface area contributed by atoms with Gasteiger partial charge in [0.25, 0.3) is 5.56 Å². The number of carboxylic acid groups (broad SMARTS) is 1. The molecule has 1 aromatic rings. The maximum atomic E-state index is 11.3. The summed E-state index contributed by atoms with van der Waals surface area (Å²) in [5, 5.41) is 8.98. The smallest absolute Gasteiger partial charge is 0.341 e. The topological polar surface area (TPSA) is 70.2 Å². The fourth-order valence-corrected chi connectivity index (χ4v) is 1.49. The van der Waals surface area contributed by atoms with E-state index in [1.54, 1.807) is 0 Å². The molecule has 0 aliphatic carbocycles. The molecule has 1 aromatic heterocycles. The zero-order valence-electron chi connectivity index (χ0n) is 8.50. The third-order valence-electron chi connectivity index (χ3n) is 1.91. The monoisotopic (exact) mass is 229 g/mol. The van der Waals surface area contributed by atoms with E-state index in [2.05, 4.69) is 4.98 Å². The predicted molar refractivity (Wildman–Crippen MR) is 57.6 cm³/mol. The van der Waals surface area contributed by atoms with Crippen molar-refractivity contribution in [1.29, 1.82) is 0 Å². The molecule has 0 aliphatic rings. The standard InChI is InChI=1S/C10H12ClNO3/c1-5(2)3-8-7(11)4-6(10(14)15)9(13)12-8/h4-5H,3H2,1-2H3,(H,12,13)(H,14,15). The summed E-state index contributed by atoms with van der Waals surface area (Å²) in [7, 11) is 0. The first kappa shape index (κ1) is 11.8. The van der Waals surface area contributed by atoms with Crippen LogP contribution in [0.5, 0.6) is 0 Å². The lowest BCUT2D eigenvalue weighted by Gasteiger charge is -2.07. The van der Waals surface area contributed by atoms with Gasteiger partial charge in [0, 0.05) is 5.69 Å². The minimum atomic E-state index is -1.27. The van der Waals surface area contributed by atoms with Gasteiger partial charge in [0.2, 0.25) is 0 Å². The van der Waals surface area contributed by atoms with Gasteiger partial charge in [0.15, 0.2) is 0 Å². The van der Waals surface area contributed by atoms with Crippen molar-refractivity contribution >= 4 is 17.6 Å². The van der Waals surface area contributed by atoms with E-state index < -0.39 is 11.5 Å². The Morgan fingerprint density at radius 2 is 2.20 bits per heavy atom. The molecule has 0 aliphatic heterocycles. The summed E-state index contributed by atoms with van der Waals surface area (Å²) in [6.07, 6.45) is 0.619. The number of carboxylic acids is 1. The first-order valence-corrected chi connectivity index (χ1v) is 4.94. The Hall–Kier alpha value is -1.29. The van der Waals surface area contributed by atoms with E-state index in [0.717, 1.165) is 0 Å². The summed E-state index contributed by atoms with van der Waals surface area (Å²) in [6.45, 7) is 3.97. The molecule has 1 rings (SSSR count). The van der Waals surface area contributed by atoms with Crippen molar-refractivity contribution in [1.82, 2.24) is 4.98 Å². The number of carbonyl (C=O) groups is 1. The van der Waals surface area contributed by atoms with E-state index in [1.165, 1.54) is 6.07 Å². The highest BCUT2D eigenvalue weighted by atomic mass is 35.5. The molecule has 15 heavy (non-hydrogen) atoms. The van der Waals surface area contributed by atoms with Crippen molar-refractivity contribution < 1.29 is 9.90 Å². The molecule has 0 saturated carbocycles. The lowest BCUT2D eigenvalue weighted by atomic mass is 10.1. The number of hydrogen-bond donors (Lipinski definition) is 2. The molecule has 0 unspecified atom stereocenters. The molecule has 0 spiro atoms. The highest BCUT2D eigenvalue weighted by Gasteiger charge is 2.13. The summed E-state index contributed by atoms with van der Waals surface area (Å²) in [5.41, 5.74) is -0.350. The minimum absolute atomic E-state index is 0.292. The van der Waals surface area contributed by atoms with Crippen LogP contribution in [0.25, 0.3) is 0 Å². The molecule has 1 heterocycles. The maximum Gasteiger partial charge on any atom is 0.341 e. The second kappa shape index (κ2) is 4.49. The molecular formula is C10H12ClNO3. The Bertz CT molecular complexity index is 437. The molecule has 2 N–H and O–H groups in total. The maximum absolute atomic E-state index is 11.3. The van der Waals surface area contributed by atoms with Crippen LogP contribution in [-0.2, 0) is 6.42 Å². The van der Waals surface area contributed by atoms with E-state index in [1.807, 2.05) is 13.8 Å². The Balaban J connectivity index is 3.20. The van der Waals surface area contributed by atoms with Crippen LogP contribution in [0.1, 0.15) is 29.9 Å². The number of H-pyrrole nitrogens is 1. The zero-order chi connectivity index (χ0) is 11.6. The van der Waals surface area contributed by atoms with E-state index >= 15 is 0 Å². The summed E-state index contributed by atoms with van der Waals surface area (Å²) >= 11 is 5.86. The van der Waals surface area contributed by atoms with E-state index in [0.29, 0.717) is 23.1 Å². The molecule has 0 radical (unpaired) electrons. The van der Waals surface area contributed by atoms with Gasteiger partial charge in [-0.2, -0.15) is 0 Å². The van der Waals surface area contributed by atoms with Gasteiger partial charge >= 0.3 is 5.97 Å². The average Bonchev–Trinajstić information content (AvgIpc) is 2.09. The number of pyridine rings is 1. The summed E-state index contributed by atoms with van der Waals surface area (Å²) < 4.78 is 0. The quantitative estimate of drug-likeness (QED) is 0.832. The largest absolute Gasteiger partial charge is 0.477 e. The van der Waals surface area contributed by atoms with Crippen molar-refractivity contribution in [3.63, 3.8) is 0 Å². The van der Waals surface area contributed by atoms with Gasteiger partial charge in [-0.1, -0.05) is 25.4 Å². The average molecular weight is 230 g/mol. The number of halogens is 1. The summed E-state index contributed by atoms with van der Waals surface area (Å²) in [5.74, 6) is -0.928. The second-order valence-electron chi connectivity index (χ2n) is 3.74. The van der Waals surface area contributed by atoms with E-state index in [-0.39, 0.29) is 5.56 Å². The van der Waals surface area contributed by atoms with Crippen LogP contribution in [0.15, 0.2) is 10.9 Å². The third kappa shape index (κ3) is 2.83. The van der Waals surface area contributed by atoms with Gasteiger partial charge in [0.05, 0.1) is 5.02 Å². The van der Waals surface area contributed by atoms with Gasteiger partial charge in [-0.15, -0.1) is 0 Å². The van der Waals surface area contributed by atoms with Crippen LogP contribution in [0.4, 0.5) is 0 Å². The predicted octanol–water partition coefficient (Wildman–Crippen LogP) is 1.93. The van der Waals surface area contributed by atoms with Crippen molar-refractivity contribution in [2.45, 2.75) is 20.3 Å². The van der Waals surface area contributed by atoms with Gasteiger partial charge in [0.1, 0.15) is 5.56 Å². The molecule has 0 atom stereocenters. The van der Waals surface area contributed by atoms with Crippen molar-refractivity contribution in [3.05, 3.63) is 32.7 Å². The van der Waals surface area contributed by atoms with Crippen molar-refractivity contribution in [2.24, 2.45) is 5.92 Å². The number of aromatic amines is 1. The molecule has 4 nitrogen and oxygen atoms in total. The van der Waals surface area contributed by atoms with Gasteiger partial charge in [-0.3, -0.25) is 4.79 Å². The van der Waals surface area contributed by atoms with Crippen molar-refractivity contribution in [3.8, 4) is 0 Å². The Morgan fingerprint density at radius 1 is 1.60 bits per heavy atom.